The van der Waals surface area contributed by atoms with Crippen molar-refractivity contribution in [1.82, 2.24) is 5.32 Å². The Morgan fingerprint density at radius 3 is 2.77 bits per heavy atom. The van der Waals surface area contributed by atoms with Crippen molar-refractivity contribution in [2.24, 2.45) is 5.41 Å². The third-order valence-corrected chi connectivity index (χ3v) is 2.55. The lowest BCUT2D eigenvalue weighted by Gasteiger charge is -2.29. The van der Waals surface area contributed by atoms with E-state index < -0.39 is 0 Å². The molecule has 2 N–H and O–H groups in total. The van der Waals surface area contributed by atoms with Gasteiger partial charge >= 0.3 is 0 Å². The van der Waals surface area contributed by atoms with Crippen molar-refractivity contribution >= 4 is 0 Å². The van der Waals surface area contributed by atoms with Crippen molar-refractivity contribution in [2.45, 2.75) is 45.8 Å². The van der Waals surface area contributed by atoms with E-state index in [1.807, 2.05) is 6.92 Å². The molecule has 0 saturated carbocycles. The normalized spacial score (nSPS) is 28.8. The van der Waals surface area contributed by atoms with Crippen LogP contribution in [-0.4, -0.2) is 23.8 Å². The molecule has 2 heteroatoms. The van der Waals surface area contributed by atoms with E-state index >= 15 is 0 Å². The van der Waals surface area contributed by atoms with Crippen LogP contribution in [0.2, 0.25) is 0 Å². The predicted octanol–water partition coefficient (Wildman–Crippen LogP) is 1.70. The van der Waals surface area contributed by atoms with Gasteiger partial charge in [0, 0.05) is 12.6 Å². The number of hydrogen-bond acceptors (Lipinski definition) is 2. The average Bonchev–Trinajstić information content (AvgIpc) is 2.02. The molecular formula is C11H21NO. The van der Waals surface area contributed by atoms with Crippen molar-refractivity contribution in [3.63, 3.8) is 0 Å². The van der Waals surface area contributed by atoms with Crippen LogP contribution in [0.5, 0.6) is 0 Å². The largest absolute Gasteiger partial charge is 0.392 e. The van der Waals surface area contributed by atoms with Gasteiger partial charge in [0.25, 0.3) is 0 Å². The lowest BCUT2D eigenvalue weighted by atomic mass is 9.81. The van der Waals surface area contributed by atoms with Gasteiger partial charge in [-0.2, -0.15) is 0 Å². The van der Waals surface area contributed by atoms with Crippen molar-refractivity contribution in [1.29, 1.82) is 0 Å². The fraction of sp³-hybridized carbons (Fsp3) is 0.818. The summed E-state index contributed by atoms with van der Waals surface area (Å²) in [5.74, 6) is 0. The number of allylic oxidation sites excluding steroid dienone is 1. The summed E-state index contributed by atoms with van der Waals surface area (Å²) < 4.78 is 0. The average molecular weight is 183 g/mol. The molecule has 0 aromatic rings. The molecule has 0 aromatic carbocycles. The van der Waals surface area contributed by atoms with Gasteiger partial charge in [0.15, 0.2) is 0 Å². The zero-order chi connectivity index (χ0) is 9.90. The van der Waals surface area contributed by atoms with Crippen LogP contribution >= 0.6 is 0 Å². The molecule has 0 fully saturated rings. The highest BCUT2D eigenvalue weighted by molar-refractivity contribution is 5.05. The van der Waals surface area contributed by atoms with Crippen LogP contribution in [-0.2, 0) is 0 Å². The fourth-order valence-corrected chi connectivity index (χ4v) is 1.58. The Balaban J connectivity index is 2.32. The minimum absolute atomic E-state index is 0.247. The predicted molar refractivity (Wildman–Crippen MR) is 55.6 cm³/mol. The molecule has 2 nitrogen and oxygen atoms in total. The lowest BCUT2D eigenvalue weighted by molar-refractivity contribution is 0.186. The maximum Gasteiger partial charge on any atom is 0.0636 e. The van der Waals surface area contributed by atoms with Gasteiger partial charge in [0.05, 0.1) is 6.10 Å². The highest BCUT2D eigenvalue weighted by Crippen LogP contribution is 2.29. The van der Waals surface area contributed by atoms with Crippen LogP contribution in [0.3, 0.4) is 0 Å². The monoisotopic (exact) mass is 183 g/mol. The second-order valence-corrected chi connectivity index (χ2v) is 4.75. The summed E-state index contributed by atoms with van der Waals surface area (Å²) in [4.78, 5) is 0. The summed E-state index contributed by atoms with van der Waals surface area (Å²) >= 11 is 0. The summed E-state index contributed by atoms with van der Waals surface area (Å²) in [6.07, 6.45) is 6.66. The molecule has 0 bridgehead atoms. The Morgan fingerprint density at radius 2 is 2.31 bits per heavy atom. The van der Waals surface area contributed by atoms with E-state index in [-0.39, 0.29) is 6.10 Å². The zero-order valence-corrected chi connectivity index (χ0v) is 8.88. The van der Waals surface area contributed by atoms with Crippen LogP contribution < -0.4 is 5.32 Å². The molecule has 1 aliphatic carbocycles. The van der Waals surface area contributed by atoms with Gasteiger partial charge in [-0.1, -0.05) is 26.0 Å². The first-order chi connectivity index (χ1) is 5.99. The Hall–Kier alpha value is -0.340. The van der Waals surface area contributed by atoms with Crippen molar-refractivity contribution in [2.75, 3.05) is 6.54 Å². The molecule has 0 amide bonds. The first-order valence-electron chi connectivity index (χ1n) is 5.10. The van der Waals surface area contributed by atoms with E-state index in [4.69, 9.17) is 5.11 Å². The van der Waals surface area contributed by atoms with Gasteiger partial charge in [0.2, 0.25) is 0 Å². The van der Waals surface area contributed by atoms with Gasteiger partial charge in [0.1, 0.15) is 0 Å². The van der Waals surface area contributed by atoms with Gasteiger partial charge in [-0.25, -0.2) is 0 Å². The van der Waals surface area contributed by atoms with Crippen LogP contribution in [0.25, 0.3) is 0 Å². The van der Waals surface area contributed by atoms with Crippen LogP contribution in [0.1, 0.15) is 33.6 Å². The van der Waals surface area contributed by atoms with Crippen LogP contribution in [0, 0.1) is 5.41 Å². The molecule has 0 radical (unpaired) electrons. The molecule has 0 aromatic heterocycles. The van der Waals surface area contributed by atoms with E-state index in [2.05, 4.69) is 31.3 Å². The molecule has 1 aliphatic rings. The van der Waals surface area contributed by atoms with Gasteiger partial charge < -0.3 is 10.4 Å². The van der Waals surface area contributed by atoms with Gasteiger partial charge in [-0.05, 0) is 25.2 Å². The third-order valence-electron chi connectivity index (χ3n) is 2.55. The number of rotatable bonds is 3. The van der Waals surface area contributed by atoms with Crippen LogP contribution in [0.4, 0.5) is 0 Å². The quantitative estimate of drug-likeness (QED) is 0.653. The minimum Gasteiger partial charge on any atom is -0.392 e. The Kier molecular flexibility index (Phi) is 3.51. The molecule has 0 spiro atoms. The van der Waals surface area contributed by atoms with Crippen molar-refractivity contribution < 1.29 is 5.11 Å². The molecule has 2 unspecified atom stereocenters. The number of nitrogens with one attached hydrogen (secondary N) is 1. The van der Waals surface area contributed by atoms with E-state index in [9.17, 15) is 0 Å². The van der Waals surface area contributed by atoms with Crippen LogP contribution in [0.15, 0.2) is 12.2 Å². The smallest absolute Gasteiger partial charge is 0.0636 e. The summed E-state index contributed by atoms with van der Waals surface area (Å²) in [7, 11) is 0. The second kappa shape index (κ2) is 4.25. The third kappa shape index (κ3) is 3.92. The number of hydrogen-bond donors (Lipinski definition) is 2. The standard InChI is InChI=1S/C11H21NO/c1-9(13)8-12-10-4-6-11(2,3)7-5-10/h4,6,9-10,12-13H,5,7-8H2,1-3H3. The Morgan fingerprint density at radius 1 is 1.62 bits per heavy atom. The number of aliphatic hydroxyl groups is 1. The summed E-state index contributed by atoms with van der Waals surface area (Å²) in [5.41, 5.74) is 0.364. The SMILES string of the molecule is CC(O)CNC1C=CC(C)(C)CC1. The zero-order valence-electron chi connectivity index (χ0n) is 8.88. The first kappa shape index (κ1) is 10.7. The van der Waals surface area contributed by atoms with Gasteiger partial charge in [-0.3, -0.25) is 0 Å². The van der Waals surface area contributed by atoms with E-state index in [1.54, 1.807) is 0 Å². The molecule has 0 aliphatic heterocycles. The number of aliphatic hydroxyl groups excluding tert-OH is 1. The molecular weight excluding hydrogens is 162 g/mol. The summed E-state index contributed by atoms with van der Waals surface area (Å²) in [6, 6.07) is 0.461. The Bertz CT molecular complexity index is 185. The first-order valence-corrected chi connectivity index (χ1v) is 5.10. The molecule has 76 valence electrons. The highest BCUT2D eigenvalue weighted by Gasteiger charge is 2.20. The summed E-state index contributed by atoms with van der Waals surface area (Å²) in [5, 5.41) is 12.4. The molecule has 2 atom stereocenters. The van der Waals surface area contributed by atoms with E-state index in [0.29, 0.717) is 18.0 Å². The minimum atomic E-state index is -0.247. The molecule has 1 rings (SSSR count). The molecule has 0 saturated heterocycles. The summed E-state index contributed by atoms with van der Waals surface area (Å²) in [6.45, 7) is 7.02. The van der Waals surface area contributed by atoms with Gasteiger partial charge in [-0.15, -0.1) is 0 Å². The maximum atomic E-state index is 9.10. The van der Waals surface area contributed by atoms with Crippen molar-refractivity contribution in [3.05, 3.63) is 12.2 Å². The lowest BCUT2D eigenvalue weighted by Crippen LogP contribution is -2.36. The van der Waals surface area contributed by atoms with E-state index in [0.717, 1.165) is 0 Å². The molecule has 13 heavy (non-hydrogen) atoms. The van der Waals surface area contributed by atoms with Crippen molar-refractivity contribution in [3.8, 4) is 0 Å². The Labute approximate surface area is 81.0 Å². The fourth-order valence-electron chi connectivity index (χ4n) is 1.58. The highest BCUT2D eigenvalue weighted by atomic mass is 16.3. The molecule has 0 heterocycles. The topological polar surface area (TPSA) is 32.3 Å². The second-order valence-electron chi connectivity index (χ2n) is 4.75. The maximum absolute atomic E-state index is 9.10. The van der Waals surface area contributed by atoms with E-state index in [1.165, 1.54) is 12.8 Å².